The van der Waals surface area contributed by atoms with Crippen LogP contribution in [-0.2, 0) is 4.79 Å². The van der Waals surface area contributed by atoms with Gasteiger partial charge in [0.25, 0.3) is 0 Å². The van der Waals surface area contributed by atoms with Gasteiger partial charge >= 0.3 is 0 Å². The van der Waals surface area contributed by atoms with Crippen LogP contribution in [0.1, 0.15) is 53.4 Å². The number of carbonyl (C=O) groups excluding carboxylic acids is 1. The second-order valence-corrected chi connectivity index (χ2v) is 7.33. The topological polar surface area (TPSA) is 17.1 Å². The maximum absolute atomic E-state index is 11.6. The fraction of sp³-hybridized carbons (Fsp3) is 0.722. The van der Waals surface area contributed by atoms with Crippen molar-refractivity contribution < 1.29 is 4.79 Å². The molecule has 3 aliphatic rings. The summed E-state index contributed by atoms with van der Waals surface area (Å²) in [5.41, 5.74) is 4.92. The zero-order valence-electron chi connectivity index (χ0n) is 12.7. The van der Waals surface area contributed by atoms with E-state index in [0.717, 1.165) is 6.42 Å². The molecule has 0 aromatic heterocycles. The van der Waals surface area contributed by atoms with Crippen LogP contribution < -0.4 is 0 Å². The Kier molecular flexibility index (Phi) is 2.99. The third-order valence-corrected chi connectivity index (χ3v) is 6.30. The predicted octanol–water partition coefficient (Wildman–Crippen LogP) is 4.54. The second-order valence-electron chi connectivity index (χ2n) is 7.33. The number of rotatable bonds is 2. The molecule has 1 heteroatoms. The molecule has 0 heterocycles. The van der Waals surface area contributed by atoms with Crippen LogP contribution in [0.25, 0.3) is 0 Å². The minimum absolute atomic E-state index is 0.188. The summed E-state index contributed by atoms with van der Waals surface area (Å²) in [6, 6.07) is 0. The Hall–Kier alpha value is -0.850. The summed E-state index contributed by atoms with van der Waals surface area (Å²) in [5.74, 6) is 2.23. The lowest BCUT2D eigenvalue weighted by Gasteiger charge is -2.39. The van der Waals surface area contributed by atoms with Crippen molar-refractivity contribution in [1.29, 1.82) is 0 Å². The zero-order chi connectivity index (χ0) is 13.8. The van der Waals surface area contributed by atoms with Crippen molar-refractivity contribution in [3.05, 3.63) is 22.8 Å². The van der Waals surface area contributed by atoms with E-state index in [0.29, 0.717) is 17.8 Å². The standard InChI is InChI=1S/C18H26O/c1-11(2)14-6-5-12(3)18-9-15(7-16(18)10-19)13(4)17(18)8-14/h8,10-12,15-16H,5-7,9H2,1-4H3/t12-,15+,16+,18-/m1/s1. The molecule has 0 aliphatic heterocycles. The molecule has 1 nitrogen and oxygen atoms in total. The van der Waals surface area contributed by atoms with Gasteiger partial charge in [0.05, 0.1) is 0 Å². The molecule has 104 valence electrons. The maximum Gasteiger partial charge on any atom is 0.123 e. The van der Waals surface area contributed by atoms with Gasteiger partial charge in [0, 0.05) is 11.3 Å². The lowest BCUT2D eigenvalue weighted by molar-refractivity contribution is -0.114. The highest BCUT2D eigenvalue weighted by molar-refractivity contribution is 5.62. The Labute approximate surface area is 117 Å². The largest absolute Gasteiger partial charge is 0.303 e. The van der Waals surface area contributed by atoms with Gasteiger partial charge < -0.3 is 4.79 Å². The average Bonchev–Trinajstić information content (AvgIpc) is 2.83. The maximum atomic E-state index is 11.6. The Morgan fingerprint density at radius 2 is 2.16 bits per heavy atom. The molecule has 19 heavy (non-hydrogen) atoms. The van der Waals surface area contributed by atoms with E-state index in [4.69, 9.17) is 0 Å². The van der Waals surface area contributed by atoms with Gasteiger partial charge in [0.1, 0.15) is 6.29 Å². The fourth-order valence-corrected chi connectivity index (χ4v) is 5.00. The summed E-state index contributed by atoms with van der Waals surface area (Å²) in [4.78, 5) is 11.6. The van der Waals surface area contributed by atoms with Crippen molar-refractivity contribution in [2.75, 3.05) is 0 Å². The van der Waals surface area contributed by atoms with E-state index in [9.17, 15) is 4.79 Å². The summed E-state index contributed by atoms with van der Waals surface area (Å²) in [5, 5.41) is 0. The lowest BCUT2D eigenvalue weighted by Crippen LogP contribution is -2.34. The predicted molar refractivity (Wildman–Crippen MR) is 78.7 cm³/mol. The number of hydrogen-bond acceptors (Lipinski definition) is 1. The van der Waals surface area contributed by atoms with Crippen LogP contribution >= 0.6 is 0 Å². The molecule has 3 rings (SSSR count). The second kappa shape index (κ2) is 4.33. The number of fused-ring (bicyclic) bond motifs is 1. The highest BCUT2D eigenvalue weighted by atomic mass is 16.1. The molecular weight excluding hydrogens is 232 g/mol. The van der Waals surface area contributed by atoms with Gasteiger partial charge in [-0.3, -0.25) is 0 Å². The summed E-state index contributed by atoms with van der Waals surface area (Å²) in [6.07, 6.45) is 8.55. The Morgan fingerprint density at radius 3 is 2.79 bits per heavy atom. The number of hydrogen-bond donors (Lipinski definition) is 0. The van der Waals surface area contributed by atoms with E-state index in [1.807, 2.05) is 0 Å². The molecule has 0 N–H and O–H groups in total. The fourth-order valence-electron chi connectivity index (χ4n) is 5.00. The van der Waals surface area contributed by atoms with Gasteiger partial charge in [-0.25, -0.2) is 0 Å². The summed E-state index contributed by atoms with van der Waals surface area (Å²) in [7, 11) is 0. The first kappa shape index (κ1) is 13.1. The summed E-state index contributed by atoms with van der Waals surface area (Å²) >= 11 is 0. The summed E-state index contributed by atoms with van der Waals surface area (Å²) < 4.78 is 0. The van der Waals surface area contributed by atoms with Crippen molar-refractivity contribution in [3.8, 4) is 0 Å². The molecule has 3 aliphatic carbocycles. The van der Waals surface area contributed by atoms with E-state index < -0.39 is 0 Å². The molecule has 0 saturated heterocycles. The average molecular weight is 258 g/mol. The number of carbonyl (C=O) groups is 1. The monoisotopic (exact) mass is 258 g/mol. The zero-order valence-corrected chi connectivity index (χ0v) is 12.7. The SMILES string of the molecule is CC1=C2C=C(C(C)C)CC[C@@H](C)[C@@]23C[C@@H]1C[C@H]3C=O. The summed E-state index contributed by atoms with van der Waals surface area (Å²) in [6.45, 7) is 9.30. The molecule has 1 saturated carbocycles. The molecular formula is C18H26O. The van der Waals surface area contributed by atoms with Crippen LogP contribution in [0.3, 0.4) is 0 Å². The normalized spacial score (nSPS) is 41.3. The van der Waals surface area contributed by atoms with Crippen LogP contribution in [0.4, 0.5) is 0 Å². The Bertz CT molecular complexity index is 468. The van der Waals surface area contributed by atoms with Gasteiger partial charge in [-0.2, -0.15) is 0 Å². The molecule has 4 atom stereocenters. The molecule has 0 radical (unpaired) electrons. The highest BCUT2D eigenvalue weighted by Gasteiger charge is 2.57. The number of aldehydes is 1. The third kappa shape index (κ3) is 1.63. The van der Waals surface area contributed by atoms with Gasteiger partial charge in [-0.1, -0.05) is 38.0 Å². The van der Waals surface area contributed by atoms with E-state index in [2.05, 4.69) is 33.8 Å². The first-order chi connectivity index (χ1) is 9.00. The van der Waals surface area contributed by atoms with Gasteiger partial charge in [0.2, 0.25) is 0 Å². The van der Waals surface area contributed by atoms with E-state index in [-0.39, 0.29) is 11.3 Å². The van der Waals surface area contributed by atoms with Crippen molar-refractivity contribution in [3.63, 3.8) is 0 Å². The lowest BCUT2D eigenvalue weighted by atomic mass is 9.64. The molecule has 0 amide bonds. The first-order valence-electron chi connectivity index (χ1n) is 7.87. The van der Waals surface area contributed by atoms with Crippen LogP contribution in [0.15, 0.2) is 22.8 Å². The molecule has 0 aromatic rings. The van der Waals surface area contributed by atoms with Crippen molar-refractivity contribution in [2.45, 2.75) is 53.4 Å². The third-order valence-electron chi connectivity index (χ3n) is 6.30. The quantitative estimate of drug-likeness (QED) is 0.665. The minimum atomic E-state index is 0.188. The van der Waals surface area contributed by atoms with Crippen molar-refractivity contribution in [2.24, 2.45) is 29.1 Å². The van der Waals surface area contributed by atoms with Gasteiger partial charge in [-0.15, -0.1) is 0 Å². The van der Waals surface area contributed by atoms with Crippen LogP contribution in [0.5, 0.6) is 0 Å². The minimum Gasteiger partial charge on any atom is -0.303 e. The van der Waals surface area contributed by atoms with E-state index in [1.165, 1.54) is 25.5 Å². The van der Waals surface area contributed by atoms with Crippen LogP contribution in [0, 0.1) is 29.1 Å². The number of allylic oxidation sites excluding steroid dienone is 4. The van der Waals surface area contributed by atoms with Crippen LogP contribution in [-0.4, -0.2) is 6.29 Å². The van der Waals surface area contributed by atoms with Crippen molar-refractivity contribution >= 4 is 6.29 Å². The smallest absolute Gasteiger partial charge is 0.123 e. The van der Waals surface area contributed by atoms with Gasteiger partial charge in [0.15, 0.2) is 0 Å². The Morgan fingerprint density at radius 1 is 1.42 bits per heavy atom. The van der Waals surface area contributed by atoms with Gasteiger partial charge in [-0.05, 0) is 55.9 Å². The molecule has 0 unspecified atom stereocenters. The Balaban J connectivity index is 2.14. The van der Waals surface area contributed by atoms with E-state index in [1.54, 1.807) is 16.7 Å². The molecule has 0 aromatic carbocycles. The molecule has 2 bridgehead atoms. The van der Waals surface area contributed by atoms with E-state index >= 15 is 0 Å². The molecule has 1 fully saturated rings. The highest BCUT2D eigenvalue weighted by Crippen LogP contribution is 2.65. The first-order valence-corrected chi connectivity index (χ1v) is 7.87. The molecule has 1 spiro atoms. The van der Waals surface area contributed by atoms with Crippen LogP contribution in [0.2, 0.25) is 0 Å². The van der Waals surface area contributed by atoms with Crippen molar-refractivity contribution in [1.82, 2.24) is 0 Å².